The summed E-state index contributed by atoms with van der Waals surface area (Å²) in [5.41, 5.74) is 0. The lowest BCUT2D eigenvalue weighted by molar-refractivity contribution is -0.332. The van der Waals surface area contributed by atoms with Gasteiger partial charge in [-0.25, -0.2) is 0 Å². The fraction of sp³-hybridized carbons (Fsp3) is 0.885. The second-order valence-electron chi connectivity index (χ2n) is 18.7. The number of carbonyl (C=O) groups excluding carboxylic acids is 2. The van der Waals surface area contributed by atoms with Gasteiger partial charge >= 0.3 is 11.9 Å². The molecule has 0 aromatic carbocycles. The minimum atomic E-state index is -1.76. The van der Waals surface area contributed by atoms with Crippen molar-refractivity contribution in [1.29, 1.82) is 0 Å². The van der Waals surface area contributed by atoms with Gasteiger partial charge in [-0.3, -0.25) is 9.59 Å². The van der Waals surface area contributed by atoms with Crippen LogP contribution in [0.4, 0.5) is 0 Å². The van der Waals surface area contributed by atoms with E-state index in [1.165, 1.54) is 89.9 Å². The van der Waals surface area contributed by atoms with Gasteiger partial charge in [0.25, 0.3) is 0 Å². The predicted octanol–water partition coefficient (Wildman–Crippen LogP) is 7.55. The van der Waals surface area contributed by atoms with E-state index in [1.807, 2.05) is 0 Å². The van der Waals surface area contributed by atoms with Crippen molar-refractivity contribution in [3.05, 3.63) is 24.3 Å². The Kier molecular flexibility index (Phi) is 36.2. The number of aliphatic hydroxyl groups is 7. The zero-order chi connectivity index (χ0) is 48.9. The van der Waals surface area contributed by atoms with Crippen LogP contribution < -0.4 is 0 Å². The first-order valence-corrected chi connectivity index (χ1v) is 26.4. The molecule has 15 heteroatoms. The molecule has 0 amide bonds. The van der Waals surface area contributed by atoms with Crippen LogP contribution in [0.3, 0.4) is 0 Å². The maximum atomic E-state index is 13.0. The number of aliphatic hydroxyl groups excluding tert-OH is 7. The van der Waals surface area contributed by atoms with Gasteiger partial charge in [0.05, 0.1) is 19.8 Å². The molecule has 392 valence electrons. The first-order valence-electron chi connectivity index (χ1n) is 26.4. The number of carbonyl (C=O) groups is 2. The Balaban J connectivity index is 1.80. The summed E-state index contributed by atoms with van der Waals surface area (Å²) in [7, 11) is 0. The Bertz CT molecular complexity index is 1270. The van der Waals surface area contributed by atoms with E-state index in [9.17, 15) is 45.3 Å². The summed E-state index contributed by atoms with van der Waals surface area (Å²) in [6, 6.07) is 0. The average Bonchev–Trinajstić information content (AvgIpc) is 3.32. The highest BCUT2D eigenvalue weighted by Crippen LogP contribution is 2.26. The van der Waals surface area contributed by atoms with E-state index in [4.69, 9.17) is 28.4 Å². The smallest absolute Gasteiger partial charge is 0.306 e. The number of unbranched alkanes of at least 4 members (excludes halogenated alkanes) is 23. The maximum Gasteiger partial charge on any atom is 0.306 e. The third-order valence-electron chi connectivity index (χ3n) is 12.7. The molecule has 2 saturated heterocycles. The normalized spacial score (nSPS) is 26.1. The first kappa shape index (κ1) is 61.1. The topological polar surface area (TPSA) is 231 Å². The van der Waals surface area contributed by atoms with E-state index in [-0.39, 0.29) is 26.1 Å². The van der Waals surface area contributed by atoms with Crippen molar-refractivity contribution in [3.8, 4) is 0 Å². The van der Waals surface area contributed by atoms with E-state index < -0.39 is 92.7 Å². The number of ether oxygens (including phenoxy) is 6. The summed E-state index contributed by atoms with van der Waals surface area (Å²) in [6.45, 7) is 2.58. The van der Waals surface area contributed by atoms with Crippen LogP contribution in [0, 0.1) is 0 Å². The molecule has 2 heterocycles. The highest BCUT2D eigenvalue weighted by molar-refractivity contribution is 5.70. The highest BCUT2D eigenvalue weighted by Gasteiger charge is 2.47. The summed E-state index contributed by atoms with van der Waals surface area (Å²) in [5.74, 6) is -0.935. The van der Waals surface area contributed by atoms with Crippen LogP contribution in [-0.2, 0) is 38.0 Å². The minimum Gasteiger partial charge on any atom is -0.462 e. The zero-order valence-corrected chi connectivity index (χ0v) is 41.4. The fourth-order valence-corrected chi connectivity index (χ4v) is 8.26. The Labute approximate surface area is 403 Å². The molecule has 2 fully saturated rings. The number of esters is 2. The second-order valence-corrected chi connectivity index (χ2v) is 18.7. The lowest BCUT2D eigenvalue weighted by atomic mass is 9.98. The van der Waals surface area contributed by atoms with Crippen molar-refractivity contribution in [2.45, 2.75) is 268 Å². The summed E-state index contributed by atoms with van der Waals surface area (Å²) in [5, 5.41) is 72.1. The van der Waals surface area contributed by atoms with Gasteiger partial charge in [-0.1, -0.05) is 147 Å². The van der Waals surface area contributed by atoms with Crippen LogP contribution in [-0.4, -0.2) is 142 Å². The quantitative estimate of drug-likeness (QED) is 0.0178. The Hall–Kier alpha value is -2.02. The van der Waals surface area contributed by atoms with E-state index >= 15 is 0 Å². The molecule has 15 nitrogen and oxygen atoms in total. The van der Waals surface area contributed by atoms with Gasteiger partial charge in [-0.15, -0.1) is 0 Å². The van der Waals surface area contributed by atoms with Crippen molar-refractivity contribution >= 4 is 11.9 Å². The number of rotatable bonds is 41. The zero-order valence-electron chi connectivity index (χ0n) is 41.4. The fourth-order valence-electron chi connectivity index (χ4n) is 8.26. The molecular weight excluding hydrogens is 865 g/mol. The molecule has 0 bridgehead atoms. The van der Waals surface area contributed by atoms with Crippen molar-refractivity contribution < 1.29 is 73.8 Å². The van der Waals surface area contributed by atoms with Crippen LogP contribution in [0.1, 0.15) is 200 Å². The Morgan fingerprint density at radius 3 is 1.31 bits per heavy atom. The molecule has 0 spiro atoms. The average molecular weight is 959 g/mol. The number of allylic oxidation sites excluding steroid dienone is 4. The van der Waals surface area contributed by atoms with E-state index in [0.29, 0.717) is 12.8 Å². The summed E-state index contributed by atoms with van der Waals surface area (Å²) in [4.78, 5) is 25.8. The minimum absolute atomic E-state index is 0.160. The standard InChI is InChI=1S/C52H94O15/c1-3-5-7-9-11-13-15-17-19-20-21-23-25-27-29-31-33-35-44(55)65-40(37-62-43(54)34-32-30-28-26-24-22-18-16-14-12-10-8-6-4-2)38-63-51-50(61)48(59)46(57)42(67-51)39-64-52-49(60)47(58)45(56)41(36-53)66-52/h16-19,40-42,45-53,56-61H,3-15,20-39H2,1-2H3/b18-16+,19-17+/t40-,41+,42+,45-,46-,47?,48?,49?,50?,51+,52+/m1/s1. The van der Waals surface area contributed by atoms with Gasteiger partial charge < -0.3 is 64.2 Å². The van der Waals surface area contributed by atoms with Crippen LogP contribution >= 0.6 is 0 Å². The SMILES string of the molecule is CCCCCCC/C=C/CCCCCCCC(=O)OC[C@H](CO[C@H]1O[C@@H](CO[C@H]2O[C@@H](CO)[C@@H](O)C(O)C2O)[C@@H](O)C(O)C1O)OC(=O)CCCCCCCCC/C=C/CCCCCCCC. The molecule has 0 aliphatic carbocycles. The molecule has 67 heavy (non-hydrogen) atoms. The van der Waals surface area contributed by atoms with Gasteiger partial charge in [0.2, 0.25) is 0 Å². The Morgan fingerprint density at radius 1 is 0.463 bits per heavy atom. The monoisotopic (exact) mass is 959 g/mol. The molecule has 2 aliphatic heterocycles. The lowest BCUT2D eigenvalue weighted by Crippen LogP contribution is -2.61. The largest absolute Gasteiger partial charge is 0.462 e. The van der Waals surface area contributed by atoms with E-state index in [2.05, 4.69) is 38.2 Å². The summed E-state index contributed by atoms with van der Waals surface area (Å²) >= 11 is 0. The number of hydrogen-bond donors (Lipinski definition) is 7. The lowest BCUT2D eigenvalue weighted by Gasteiger charge is -2.42. The first-order chi connectivity index (χ1) is 32.5. The van der Waals surface area contributed by atoms with E-state index in [0.717, 1.165) is 70.6 Å². The van der Waals surface area contributed by atoms with Crippen LogP contribution in [0.25, 0.3) is 0 Å². The van der Waals surface area contributed by atoms with Crippen molar-refractivity contribution in [3.63, 3.8) is 0 Å². The summed E-state index contributed by atoms with van der Waals surface area (Å²) < 4.78 is 33.6. The molecular formula is C52H94O15. The van der Waals surface area contributed by atoms with Crippen molar-refractivity contribution in [1.82, 2.24) is 0 Å². The van der Waals surface area contributed by atoms with Gasteiger partial charge in [0.15, 0.2) is 18.7 Å². The molecule has 4 unspecified atom stereocenters. The van der Waals surface area contributed by atoms with Crippen LogP contribution in [0.15, 0.2) is 24.3 Å². The van der Waals surface area contributed by atoms with Gasteiger partial charge in [0.1, 0.15) is 55.4 Å². The Morgan fingerprint density at radius 2 is 0.851 bits per heavy atom. The molecule has 2 rings (SSSR count). The van der Waals surface area contributed by atoms with Crippen LogP contribution in [0.5, 0.6) is 0 Å². The number of hydrogen-bond acceptors (Lipinski definition) is 15. The second kappa shape index (κ2) is 39.7. The van der Waals surface area contributed by atoms with Gasteiger partial charge in [-0.2, -0.15) is 0 Å². The molecule has 0 saturated carbocycles. The van der Waals surface area contributed by atoms with Crippen LogP contribution in [0.2, 0.25) is 0 Å². The summed E-state index contributed by atoms with van der Waals surface area (Å²) in [6.07, 6.45) is 23.4. The molecule has 0 aromatic heterocycles. The molecule has 0 radical (unpaired) electrons. The van der Waals surface area contributed by atoms with E-state index in [1.54, 1.807) is 0 Å². The van der Waals surface area contributed by atoms with Gasteiger partial charge in [0, 0.05) is 12.8 Å². The maximum absolute atomic E-state index is 13.0. The van der Waals surface area contributed by atoms with Crippen molar-refractivity contribution in [2.24, 2.45) is 0 Å². The van der Waals surface area contributed by atoms with Gasteiger partial charge in [-0.05, 0) is 64.2 Å². The molecule has 11 atom stereocenters. The molecule has 0 aromatic rings. The highest BCUT2D eigenvalue weighted by atomic mass is 16.7. The molecule has 2 aliphatic rings. The van der Waals surface area contributed by atoms with Crippen molar-refractivity contribution in [2.75, 3.05) is 26.4 Å². The predicted molar refractivity (Wildman–Crippen MR) is 257 cm³/mol. The third kappa shape index (κ3) is 27.8. The third-order valence-corrected chi connectivity index (χ3v) is 12.7. The molecule has 7 N–H and O–H groups in total.